The van der Waals surface area contributed by atoms with Crippen molar-refractivity contribution in [3.63, 3.8) is 0 Å². The Labute approximate surface area is 151 Å². The van der Waals surface area contributed by atoms with Crippen molar-refractivity contribution < 1.29 is 23.9 Å². The molecule has 2 amide bonds. The Kier molecular flexibility index (Phi) is 5.25. The fourth-order valence-corrected chi connectivity index (χ4v) is 3.51. The lowest BCUT2D eigenvalue weighted by atomic mass is 9.95. The van der Waals surface area contributed by atoms with Gasteiger partial charge in [0.2, 0.25) is 5.91 Å². The van der Waals surface area contributed by atoms with E-state index < -0.39 is 23.7 Å². The van der Waals surface area contributed by atoms with Crippen molar-refractivity contribution in [3.05, 3.63) is 35.6 Å². The number of hydrogen-bond acceptors (Lipinski definition) is 3. The van der Waals surface area contributed by atoms with Gasteiger partial charge in [0.05, 0.1) is 5.92 Å². The van der Waals surface area contributed by atoms with Gasteiger partial charge < -0.3 is 14.9 Å². The van der Waals surface area contributed by atoms with E-state index in [1.165, 1.54) is 36.1 Å². The first-order valence-corrected chi connectivity index (χ1v) is 8.98. The number of carboxylic acid groups (broad SMARTS) is 1. The van der Waals surface area contributed by atoms with Crippen molar-refractivity contribution in [2.75, 3.05) is 13.1 Å². The van der Waals surface area contributed by atoms with Gasteiger partial charge in [0, 0.05) is 24.7 Å². The van der Waals surface area contributed by atoms with Gasteiger partial charge in [-0.2, -0.15) is 0 Å². The lowest BCUT2D eigenvalue weighted by molar-refractivity contribution is -0.152. The molecule has 2 atom stereocenters. The topological polar surface area (TPSA) is 77.9 Å². The highest BCUT2D eigenvalue weighted by molar-refractivity contribution is 5.95. The molecule has 7 heteroatoms. The second-order valence-corrected chi connectivity index (χ2v) is 7.09. The summed E-state index contributed by atoms with van der Waals surface area (Å²) in [5.41, 5.74) is 0.387. The van der Waals surface area contributed by atoms with Gasteiger partial charge in [-0.15, -0.1) is 0 Å². The summed E-state index contributed by atoms with van der Waals surface area (Å²) in [6.45, 7) is 2.34. The summed E-state index contributed by atoms with van der Waals surface area (Å²) in [6.07, 6.45) is 2.98. The van der Waals surface area contributed by atoms with Crippen LogP contribution in [-0.2, 0) is 9.59 Å². The Morgan fingerprint density at radius 1 is 1.19 bits per heavy atom. The molecule has 0 bridgehead atoms. The van der Waals surface area contributed by atoms with Crippen LogP contribution in [0, 0.1) is 11.7 Å². The number of benzene rings is 1. The fourth-order valence-electron chi connectivity index (χ4n) is 3.51. The third-order valence-electron chi connectivity index (χ3n) is 5.12. The van der Waals surface area contributed by atoms with E-state index in [1.807, 2.05) is 0 Å². The van der Waals surface area contributed by atoms with Crippen molar-refractivity contribution in [2.45, 2.75) is 44.7 Å². The number of carbonyl (C=O) groups excluding carboxylic acids is 2. The summed E-state index contributed by atoms with van der Waals surface area (Å²) in [7, 11) is 0. The molecule has 1 aliphatic carbocycles. The number of nitrogens with zero attached hydrogens (tertiary/aromatic N) is 2. The minimum absolute atomic E-state index is 0.00298. The van der Waals surface area contributed by atoms with E-state index in [0.717, 1.165) is 12.8 Å². The van der Waals surface area contributed by atoms with Crippen LogP contribution in [0.15, 0.2) is 24.3 Å². The molecule has 2 fully saturated rings. The van der Waals surface area contributed by atoms with Crippen molar-refractivity contribution in [2.24, 2.45) is 5.92 Å². The number of likely N-dealkylation sites (tertiary alicyclic amines) is 1. The Morgan fingerprint density at radius 3 is 2.42 bits per heavy atom. The molecule has 1 aliphatic heterocycles. The van der Waals surface area contributed by atoms with E-state index in [2.05, 4.69) is 0 Å². The highest BCUT2D eigenvalue weighted by Gasteiger charge is 2.42. The van der Waals surface area contributed by atoms with Crippen molar-refractivity contribution in [1.29, 1.82) is 0 Å². The molecule has 0 aromatic heterocycles. The molecule has 2 aliphatic rings. The molecule has 1 N–H and O–H groups in total. The predicted octanol–water partition coefficient (Wildman–Crippen LogP) is 2.14. The van der Waals surface area contributed by atoms with Gasteiger partial charge in [-0.05, 0) is 56.9 Å². The molecular weight excluding hydrogens is 339 g/mol. The summed E-state index contributed by atoms with van der Waals surface area (Å²) in [5, 5.41) is 9.30. The molecule has 1 saturated heterocycles. The number of hydrogen-bond donors (Lipinski definition) is 1. The average molecular weight is 362 g/mol. The predicted molar refractivity (Wildman–Crippen MR) is 92.0 cm³/mol. The van der Waals surface area contributed by atoms with Crippen LogP contribution >= 0.6 is 0 Å². The van der Waals surface area contributed by atoms with E-state index in [-0.39, 0.29) is 24.4 Å². The van der Waals surface area contributed by atoms with Crippen molar-refractivity contribution >= 4 is 17.8 Å². The van der Waals surface area contributed by atoms with Gasteiger partial charge in [0.1, 0.15) is 11.9 Å². The van der Waals surface area contributed by atoms with E-state index in [4.69, 9.17) is 0 Å². The first-order valence-electron chi connectivity index (χ1n) is 8.98. The van der Waals surface area contributed by atoms with Gasteiger partial charge in [0.15, 0.2) is 0 Å². The SMILES string of the molecule is CC(C(=O)O)N(C(=O)C1CCCN(C(=O)c2ccc(F)cc2)C1)C1CC1. The standard InChI is InChI=1S/C19H23FN2O4/c1-12(19(25)26)22(16-8-9-16)18(24)14-3-2-10-21(11-14)17(23)13-4-6-15(20)7-5-13/h4-7,12,14,16H,2-3,8-11H2,1H3,(H,25,26). The molecule has 0 radical (unpaired) electrons. The van der Waals surface area contributed by atoms with Gasteiger partial charge in [-0.25, -0.2) is 9.18 Å². The molecule has 26 heavy (non-hydrogen) atoms. The number of halogens is 1. The zero-order valence-electron chi connectivity index (χ0n) is 14.7. The number of aliphatic carboxylic acids is 1. The summed E-state index contributed by atoms with van der Waals surface area (Å²) in [6, 6.07) is 4.49. The largest absolute Gasteiger partial charge is 0.480 e. The normalized spacial score (nSPS) is 21.2. The fraction of sp³-hybridized carbons (Fsp3) is 0.526. The van der Waals surface area contributed by atoms with E-state index >= 15 is 0 Å². The maximum atomic E-state index is 13.0. The molecular formula is C19H23FN2O4. The minimum atomic E-state index is -1.01. The Hall–Kier alpha value is -2.44. The maximum Gasteiger partial charge on any atom is 0.326 e. The van der Waals surface area contributed by atoms with Crippen LogP contribution < -0.4 is 0 Å². The van der Waals surface area contributed by atoms with E-state index in [1.54, 1.807) is 4.90 Å². The van der Waals surface area contributed by atoms with Crippen LogP contribution in [0.5, 0.6) is 0 Å². The molecule has 6 nitrogen and oxygen atoms in total. The average Bonchev–Trinajstić information content (AvgIpc) is 3.46. The van der Waals surface area contributed by atoms with Gasteiger partial charge in [-0.1, -0.05) is 0 Å². The first kappa shape index (κ1) is 18.4. The lowest BCUT2D eigenvalue weighted by Crippen LogP contribution is -2.51. The quantitative estimate of drug-likeness (QED) is 0.871. The molecule has 1 aromatic rings. The van der Waals surface area contributed by atoms with E-state index in [0.29, 0.717) is 24.9 Å². The zero-order valence-corrected chi connectivity index (χ0v) is 14.7. The lowest BCUT2D eigenvalue weighted by Gasteiger charge is -2.36. The van der Waals surface area contributed by atoms with Gasteiger partial charge in [-0.3, -0.25) is 9.59 Å². The summed E-state index contributed by atoms with van der Waals surface area (Å²) in [4.78, 5) is 40.0. The summed E-state index contributed by atoms with van der Waals surface area (Å²) < 4.78 is 13.0. The van der Waals surface area contributed by atoms with Gasteiger partial charge >= 0.3 is 5.97 Å². The highest BCUT2D eigenvalue weighted by atomic mass is 19.1. The molecule has 1 saturated carbocycles. The molecule has 140 valence electrons. The Morgan fingerprint density at radius 2 is 1.85 bits per heavy atom. The number of carboxylic acids is 1. The minimum Gasteiger partial charge on any atom is -0.480 e. The summed E-state index contributed by atoms with van der Waals surface area (Å²) in [5.74, 6) is -2.22. The number of rotatable bonds is 5. The zero-order chi connectivity index (χ0) is 18.8. The van der Waals surface area contributed by atoms with E-state index in [9.17, 15) is 23.9 Å². The smallest absolute Gasteiger partial charge is 0.326 e. The summed E-state index contributed by atoms with van der Waals surface area (Å²) >= 11 is 0. The molecule has 0 spiro atoms. The molecule has 3 rings (SSSR count). The Bertz CT molecular complexity index is 702. The molecule has 1 aromatic carbocycles. The third kappa shape index (κ3) is 3.86. The maximum absolute atomic E-state index is 13.0. The number of amides is 2. The highest BCUT2D eigenvalue weighted by Crippen LogP contribution is 2.32. The number of carbonyl (C=O) groups is 3. The van der Waals surface area contributed by atoms with Crippen LogP contribution in [0.3, 0.4) is 0 Å². The van der Waals surface area contributed by atoms with Crippen LogP contribution in [0.2, 0.25) is 0 Å². The molecule has 2 unspecified atom stereocenters. The third-order valence-corrected chi connectivity index (χ3v) is 5.12. The second-order valence-electron chi connectivity index (χ2n) is 7.09. The first-order chi connectivity index (χ1) is 12.4. The van der Waals surface area contributed by atoms with Gasteiger partial charge in [0.25, 0.3) is 5.91 Å². The van der Waals surface area contributed by atoms with Crippen LogP contribution in [0.25, 0.3) is 0 Å². The van der Waals surface area contributed by atoms with Crippen LogP contribution in [-0.4, -0.2) is 57.9 Å². The molecule has 1 heterocycles. The van der Waals surface area contributed by atoms with Crippen LogP contribution in [0.4, 0.5) is 4.39 Å². The monoisotopic (exact) mass is 362 g/mol. The Balaban J connectivity index is 1.70. The van der Waals surface area contributed by atoms with Crippen molar-refractivity contribution in [1.82, 2.24) is 9.80 Å². The van der Waals surface area contributed by atoms with Crippen LogP contribution in [0.1, 0.15) is 43.0 Å². The second kappa shape index (κ2) is 7.43. The van der Waals surface area contributed by atoms with Crippen molar-refractivity contribution in [3.8, 4) is 0 Å². The number of piperidine rings is 1.